The summed E-state index contributed by atoms with van der Waals surface area (Å²) in [6.07, 6.45) is 1.64. The molecule has 120 valence electrons. The van der Waals surface area contributed by atoms with Gasteiger partial charge < -0.3 is 9.64 Å². The fourth-order valence-corrected chi connectivity index (χ4v) is 2.99. The van der Waals surface area contributed by atoms with Crippen molar-refractivity contribution < 1.29 is 9.53 Å². The second-order valence-electron chi connectivity index (χ2n) is 5.63. The molecule has 1 aliphatic heterocycles. The van der Waals surface area contributed by atoms with Crippen LogP contribution in [0.4, 0.5) is 0 Å². The van der Waals surface area contributed by atoms with Crippen LogP contribution >= 0.6 is 15.9 Å². The molecule has 1 saturated heterocycles. The molecule has 0 N–H and O–H groups in total. The Bertz CT molecular complexity index is 909. The Morgan fingerprint density at radius 2 is 1.96 bits per heavy atom. The molecule has 5 nitrogen and oxygen atoms in total. The van der Waals surface area contributed by atoms with E-state index in [0.29, 0.717) is 24.7 Å². The van der Waals surface area contributed by atoms with Crippen LogP contribution in [0.1, 0.15) is 10.5 Å². The van der Waals surface area contributed by atoms with Gasteiger partial charge in [-0.3, -0.25) is 4.79 Å². The molecule has 0 aliphatic carbocycles. The van der Waals surface area contributed by atoms with Gasteiger partial charge in [0.1, 0.15) is 11.8 Å². The van der Waals surface area contributed by atoms with E-state index in [2.05, 4.69) is 25.9 Å². The minimum absolute atomic E-state index is 0.0411. The normalized spacial score (nSPS) is 14.5. The third-order valence-electron chi connectivity index (χ3n) is 3.96. The first-order valence-electron chi connectivity index (χ1n) is 7.63. The molecule has 6 heteroatoms. The van der Waals surface area contributed by atoms with Crippen LogP contribution in [0.15, 0.2) is 59.2 Å². The number of benzene rings is 1. The van der Waals surface area contributed by atoms with Crippen molar-refractivity contribution in [2.45, 2.75) is 6.10 Å². The van der Waals surface area contributed by atoms with E-state index in [1.807, 2.05) is 42.5 Å². The number of carbonyl (C=O) groups excluding carboxylic acids is 1. The lowest BCUT2D eigenvalue weighted by atomic mass is 10.1. The summed E-state index contributed by atoms with van der Waals surface area (Å²) in [5.41, 5.74) is 1.29. The number of aromatic nitrogens is 2. The maximum atomic E-state index is 12.5. The molecule has 1 amide bonds. The number of carbonyl (C=O) groups is 1. The highest BCUT2D eigenvalue weighted by atomic mass is 79.9. The Kier molecular flexibility index (Phi) is 3.90. The van der Waals surface area contributed by atoms with Crippen LogP contribution in [0.5, 0.6) is 5.88 Å². The average Bonchev–Trinajstić information content (AvgIpc) is 2.58. The number of amides is 1. The van der Waals surface area contributed by atoms with E-state index in [1.54, 1.807) is 17.2 Å². The summed E-state index contributed by atoms with van der Waals surface area (Å²) in [5.74, 6) is 0.485. The van der Waals surface area contributed by atoms with E-state index in [4.69, 9.17) is 4.74 Å². The zero-order valence-corrected chi connectivity index (χ0v) is 14.3. The average molecular weight is 384 g/mol. The minimum Gasteiger partial charge on any atom is -0.470 e. The van der Waals surface area contributed by atoms with Crippen molar-refractivity contribution in [1.29, 1.82) is 0 Å². The van der Waals surface area contributed by atoms with E-state index in [0.717, 1.165) is 15.4 Å². The molecule has 3 heterocycles. The van der Waals surface area contributed by atoms with Crippen molar-refractivity contribution in [2.75, 3.05) is 13.1 Å². The number of hydrogen-bond acceptors (Lipinski definition) is 4. The van der Waals surface area contributed by atoms with E-state index >= 15 is 0 Å². The van der Waals surface area contributed by atoms with Crippen LogP contribution in [-0.2, 0) is 0 Å². The molecule has 1 aromatic carbocycles. The third kappa shape index (κ3) is 2.85. The van der Waals surface area contributed by atoms with Gasteiger partial charge in [-0.2, -0.15) is 0 Å². The zero-order valence-electron chi connectivity index (χ0n) is 12.7. The Balaban J connectivity index is 1.42. The van der Waals surface area contributed by atoms with Gasteiger partial charge in [-0.15, -0.1) is 0 Å². The van der Waals surface area contributed by atoms with Crippen LogP contribution in [0.2, 0.25) is 0 Å². The van der Waals surface area contributed by atoms with Crippen molar-refractivity contribution in [1.82, 2.24) is 14.9 Å². The van der Waals surface area contributed by atoms with Crippen LogP contribution < -0.4 is 4.74 Å². The number of para-hydroxylation sites is 1. The molecule has 0 unspecified atom stereocenters. The number of halogens is 1. The molecule has 2 aromatic heterocycles. The second-order valence-corrected chi connectivity index (χ2v) is 6.48. The first-order valence-corrected chi connectivity index (χ1v) is 8.42. The van der Waals surface area contributed by atoms with Crippen molar-refractivity contribution in [3.8, 4) is 5.88 Å². The molecule has 0 spiro atoms. The summed E-state index contributed by atoms with van der Waals surface area (Å²) >= 11 is 3.40. The van der Waals surface area contributed by atoms with E-state index in [9.17, 15) is 4.79 Å². The second kappa shape index (κ2) is 6.20. The summed E-state index contributed by atoms with van der Waals surface area (Å²) in [5, 5.41) is 1.03. The van der Waals surface area contributed by atoms with Gasteiger partial charge >= 0.3 is 0 Å². The van der Waals surface area contributed by atoms with Gasteiger partial charge in [0.2, 0.25) is 5.88 Å². The van der Waals surface area contributed by atoms with Gasteiger partial charge in [-0.1, -0.05) is 24.3 Å². The lowest BCUT2D eigenvalue weighted by molar-refractivity contribution is 0.0153. The Morgan fingerprint density at radius 3 is 2.79 bits per heavy atom. The molecular weight excluding hydrogens is 370 g/mol. The van der Waals surface area contributed by atoms with Crippen LogP contribution in [0.3, 0.4) is 0 Å². The summed E-state index contributed by atoms with van der Waals surface area (Å²) in [7, 11) is 0. The third-order valence-corrected chi connectivity index (χ3v) is 4.56. The first kappa shape index (κ1) is 15.1. The summed E-state index contributed by atoms with van der Waals surface area (Å²) in [4.78, 5) is 22.9. The predicted molar refractivity (Wildman–Crippen MR) is 94.0 cm³/mol. The Labute approximate surface area is 147 Å². The lowest BCUT2D eigenvalue weighted by Crippen LogP contribution is -2.56. The van der Waals surface area contributed by atoms with Crippen LogP contribution in [0.25, 0.3) is 10.9 Å². The van der Waals surface area contributed by atoms with Gasteiger partial charge in [-0.05, 0) is 40.2 Å². The summed E-state index contributed by atoms with van der Waals surface area (Å²) in [6, 6.07) is 15.2. The van der Waals surface area contributed by atoms with Crippen LogP contribution in [-0.4, -0.2) is 40.0 Å². The maximum Gasteiger partial charge on any atom is 0.272 e. The SMILES string of the molecule is O=C(c1ccc2ccccc2n1)N1CC(Oc2ncccc2Br)C1. The predicted octanol–water partition coefficient (Wildman–Crippen LogP) is 3.30. The monoisotopic (exact) mass is 383 g/mol. The van der Waals surface area contributed by atoms with E-state index in [1.165, 1.54) is 0 Å². The topological polar surface area (TPSA) is 55.3 Å². The molecule has 0 bridgehead atoms. The van der Waals surface area contributed by atoms with Gasteiger partial charge in [0.25, 0.3) is 5.91 Å². The summed E-state index contributed by atoms with van der Waals surface area (Å²) < 4.78 is 6.61. The zero-order chi connectivity index (χ0) is 16.5. The summed E-state index contributed by atoms with van der Waals surface area (Å²) in [6.45, 7) is 1.08. The first-order chi connectivity index (χ1) is 11.7. The van der Waals surface area contributed by atoms with Gasteiger partial charge in [-0.25, -0.2) is 9.97 Å². The number of ether oxygens (including phenoxy) is 1. The molecule has 24 heavy (non-hydrogen) atoms. The number of nitrogens with zero attached hydrogens (tertiary/aromatic N) is 3. The highest BCUT2D eigenvalue weighted by Gasteiger charge is 2.34. The molecule has 1 fully saturated rings. The Morgan fingerprint density at radius 1 is 1.12 bits per heavy atom. The van der Waals surface area contributed by atoms with Crippen LogP contribution in [0, 0.1) is 0 Å². The van der Waals surface area contributed by atoms with Crippen molar-refractivity contribution >= 4 is 32.7 Å². The fourth-order valence-electron chi connectivity index (χ4n) is 2.64. The number of pyridine rings is 2. The van der Waals surface area contributed by atoms with Crippen molar-refractivity contribution in [2.24, 2.45) is 0 Å². The molecule has 0 radical (unpaired) electrons. The standard InChI is InChI=1S/C18H14BrN3O2/c19-14-5-3-9-20-17(14)24-13-10-22(11-13)18(23)16-8-7-12-4-1-2-6-15(12)21-16/h1-9,13H,10-11H2. The molecule has 1 aliphatic rings. The number of likely N-dealkylation sites (tertiary alicyclic amines) is 1. The quantitative estimate of drug-likeness (QED) is 0.696. The van der Waals surface area contributed by atoms with Gasteiger partial charge in [0.15, 0.2) is 0 Å². The van der Waals surface area contributed by atoms with Gasteiger partial charge in [0, 0.05) is 11.6 Å². The molecule has 4 rings (SSSR count). The highest BCUT2D eigenvalue weighted by molar-refractivity contribution is 9.10. The number of rotatable bonds is 3. The highest BCUT2D eigenvalue weighted by Crippen LogP contribution is 2.25. The minimum atomic E-state index is -0.0688. The maximum absolute atomic E-state index is 12.5. The lowest BCUT2D eigenvalue weighted by Gasteiger charge is -2.38. The molecular formula is C18H14BrN3O2. The van der Waals surface area contributed by atoms with E-state index < -0.39 is 0 Å². The van der Waals surface area contributed by atoms with Crippen molar-refractivity contribution in [3.63, 3.8) is 0 Å². The smallest absolute Gasteiger partial charge is 0.272 e. The largest absolute Gasteiger partial charge is 0.470 e. The van der Waals surface area contributed by atoms with E-state index in [-0.39, 0.29) is 12.0 Å². The molecule has 3 aromatic rings. The molecule has 0 saturated carbocycles. The van der Waals surface area contributed by atoms with Gasteiger partial charge in [0.05, 0.1) is 23.1 Å². The fraction of sp³-hybridized carbons (Fsp3) is 0.167. The number of fused-ring (bicyclic) bond motifs is 1. The number of hydrogen-bond donors (Lipinski definition) is 0. The Hall–Kier alpha value is -2.47. The molecule has 0 atom stereocenters. The van der Waals surface area contributed by atoms with Crippen molar-refractivity contribution in [3.05, 3.63) is 64.9 Å².